The zero-order valence-corrected chi connectivity index (χ0v) is 10.3. The summed E-state index contributed by atoms with van der Waals surface area (Å²) < 4.78 is 0. The minimum Gasteiger partial charge on any atom is -0.392 e. The van der Waals surface area contributed by atoms with Crippen molar-refractivity contribution in [2.75, 3.05) is 11.1 Å². The zero-order chi connectivity index (χ0) is 12.1. The number of halogens is 1. The van der Waals surface area contributed by atoms with Crippen molar-refractivity contribution in [3.05, 3.63) is 23.4 Å². The van der Waals surface area contributed by atoms with Gasteiger partial charge in [0.25, 0.3) is 0 Å². The molecule has 16 heavy (non-hydrogen) atoms. The van der Waals surface area contributed by atoms with E-state index in [0.29, 0.717) is 22.9 Å². The van der Waals surface area contributed by atoms with Crippen LogP contribution in [-0.2, 0) is 6.61 Å². The molecule has 1 aromatic rings. The Kier molecular flexibility index (Phi) is 5.14. The first-order valence-corrected chi connectivity index (χ1v) is 5.99. The fourth-order valence-corrected chi connectivity index (χ4v) is 1.79. The van der Waals surface area contributed by atoms with Gasteiger partial charge >= 0.3 is 0 Å². The lowest BCUT2D eigenvalue weighted by Gasteiger charge is -2.17. The molecule has 0 fully saturated rings. The smallest absolute Gasteiger partial charge is 0.128 e. The molecule has 1 rings (SSSR count). The monoisotopic (exact) mass is 290 g/mol. The van der Waals surface area contributed by atoms with Gasteiger partial charge in [0.05, 0.1) is 12.7 Å². The maximum atomic E-state index is 9.80. The Morgan fingerprint density at radius 1 is 1.44 bits per heavy atom. The fraction of sp³-hybridized carbons (Fsp3) is 0.500. The lowest BCUT2D eigenvalue weighted by molar-refractivity contribution is 0.0171. The molecule has 2 unspecified atom stereocenters. The number of nitrogen functional groups attached to an aromatic ring is 1. The van der Waals surface area contributed by atoms with E-state index in [1.165, 1.54) is 6.20 Å². The number of aliphatic hydroxyl groups is 3. The first-order chi connectivity index (χ1) is 7.60. The highest BCUT2D eigenvalue weighted by atomic mass is 79.9. The normalized spacial score (nSPS) is 14.8. The van der Waals surface area contributed by atoms with Crippen LogP contribution in [0.2, 0.25) is 0 Å². The Hall–Kier alpha value is -0.690. The van der Waals surface area contributed by atoms with E-state index >= 15 is 0 Å². The summed E-state index contributed by atoms with van der Waals surface area (Å²) in [4.78, 5) is 3.85. The number of aromatic nitrogens is 1. The number of nitrogens with zero attached hydrogens (tertiary/aromatic N) is 1. The number of aliphatic hydroxyl groups excluding tert-OH is 3. The molecule has 0 aromatic carbocycles. The van der Waals surface area contributed by atoms with Gasteiger partial charge in [-0.25, -0.2) is 4.98 Å². The van der Waals surface area contributed by atoms with Crippen LogP contribution in [0.25, 0.3) is 0 Å². The van der Waals surface area contributed by atoms with Crippen molar-refractivity contribution < 1.29 is 15.3 Å². The van der Waals surface area contributed by atoms with Crippen LogP contribution in [0.15, 0.2) is 12.3 Å². The van der Waals surface area contributed by atoms with E-state index < -0.39 is 12.2 Å². The second-order valence-corrected chi connectivity index (χ2v) is 4.25. The molecule has 0 amide bonds. The summed E-state index contributed by atoms with van der Waals surface area (Å²) in [7, 11) is 0. The molecule has 0 bridgehead atoms. The van der Waals surface area contributed by atoms with Crippen LogP contribution in [-0.4, -0.2) is 31.7 Å². The van der Waals surface area contributed by atoms with Gasteiger partial charge in [-0.1, -0.05) is 15.9 Å². The van der Waals surface area contributed by atoms with Gasteiger partial charge in [-0.3, -0.25) is 0 Å². The Morgan fingerprint density at radius 3 is 2.69 bits per heavy atom. The van der Waals surface area contributed by atoms with Gasteiger partial charge in [-0.2, -0.15) is 0 Å². The molecule has 0 spiro atoms. The van der Waals surface area contributed by atoms with Crippen LogP contribution < -0.4 is 5.73 Å². The highest BCUT2D eigenvalue weighted by molar-refractivity contribution is 9.09. The molecule has 0 aliphatic rings. The average molecular weight is 291 g/mol. The van der Waals surface area contributed by atoms with E-state index in [-0.39, 0.29) is 12.4 Å². The molecule has 90 valence electrons. The topological polar surface area (TPSA) is 99.6 Å². The van der Waals surface area contributed by atoms with Crippen LogP contribution in [0.4, 0.5) is 5.82 Å². The minimum atomic E-state index is -1.02. The van der Waals surface area contributed by atoms with Crippen LogP contribution >= 0.6 is 15.9 Å². The molecule has 6 heteroatoms. The molecule has 0 aliphatic heterocycles. The van der Waals surface area contributed by atoms with Crippen LogP contribution in [0.5, 0.6) is 0 Å². The highest BCUT2D eigenvalue weighted by Gasteiger charge is 2.18. The van der Waals surface area contributed by atoms with Gasteiger partial charge in [-0.15, -0.1) is 0 Å². The first-order valence-electron chi connectivity index (χ1n) is 4.87. The summed E-state index contributed by atoms with van der Waals surface area (Å²) in [5, 5.41) is 29.0. The van der Waals surface area contributed by atoms with Gasteiger partial charge in [0.2, 0.25) is 0 Å². The Morgan fingerprint density at radius 2 is 2.12 bits per heavy atom. The van der Waals surface area contributed by atoms with Crippen molar-refractivity contribution in [2.24, 2.45) is 0 Å². The lowest BCUT2D eigenvalue weighted by Crippen LogP contribution is -2.19. The number of nitrogens with two attached hydrogens (primary N) is 1. The minimum absolute atomic E-state index is 0.230. The summed E-state index contributed by atoms with van der Waals surface area (Å²) in [6.45, 7) is -0.242. The van der Waals surface area contributed by atoms with Crippen molar-refractivity contribution in [3.63, 3.8) is 0 Å². The molecule has 5 nitrogen and oxygen atoms in total. The van der Waals surface area contributed by atoms with Crippen molar-refractivity contribution in [1.82, 2.24) is 4.98 Å². The average Bonchev–Trinajstić information content (AvgIpc) is 2.29. The summed E-state index contributed by atoms with van der Waals surface area (Å²) >= 11 is 3.18. The van der Waals surface area contributed by atoms with E-state index in [4.69, 9.17) is 10.8 Å². The second-order valence-electron chi connectivity index (χ2n) is 3.46. The molecule has 0 radical (unpaired) electrons. The largest absolute Gasteiger partial charge is 0.392 e. The molecule has 0 saturated carbocycles. The molecule has 0 saturated heterocycles. The van der Waals surface area contributed by atoms with Crippen LogP contribution in [0.3, 0.4) is 0 Å². The fourth-order valence-electron chi connectivity index (χ4n) is 1.32. The number of alkyl halides is 1. The molecule has 1 heterocycles. The van der Waals surface area contributed by atoms with Gasteiger partial charge < -0.3 is 21.1 Å². The predicted octanol–water partition coefficient (Wildman–Crippen LogP) is 0.335. The van der Waals surface area contributed by atoms with Gasteiger partial charge in [0.15, 0.2) is 0 Å². The zero-order valence-electron chi connectivity index (χ0n) is 8.67. The third-order valence-corrected chi connectivity index (χ3v) is 2.76. The molecule has 1 aromatic heterocycles. The molecule has 2 atom stereocenters. The van der Waals surface area contributed by atoms with Crippen molar-refractivity contribution >= 4 is 21.7 Å². The highest BCUT2D eigenvalue weighted by Crippen LogP contribution is 2.21. The molecular weight excluding hydrogens is 276 g/mol. The van der Waals surface area contributed by atoms with E-state index in [0.717, 1.165) is 0 Å². The van der Waals surface area contributed by atoms with Gasteiger partial charge in [-0.05, 0) is 12.5 Å². The number of hydrogen-bond acceptors (Lipinski definition) is 5. The Labute approximate surface area is 102 Å². The van der Waals surface area contributed by atoms with Gasteiger partial charge in [0, 0.05) is 22.7 Å². The SMILES string of the molecule is Nc1ncc(C(O)C(O)CCBr)cc1CO. The Balaban J connectivity index is 2.87. The first kappa shape index (κ1) is 13.4. The summed E-state index contributed by atoms with van der Waals surface area (Å²) in [6, 6.07) is 1.55. The van der Waals surface area contributed by atoms with Crippen molar-refractivity contribution in [2.45, 2.75) is 25.2 Å². The maximum Gasteiger partial charge on any atom is 0.128 e. The van der Waals surface area contributed by atoms with Crippen LogP contribution in [0.1, 0.15) is 23.7 Å². The van der Waals surface area contributed by atoms with E-state index in [2.05, 4.69) is 20.9 Å². The Bertz CT molecular complexity index is 349. The number of anilines is 1. The third-order valence-electron chi connectivity index (χ3n) is 2.30. The van der Waals surface area contributed by atoms with Crippen molar-refractivity contribution in [3.8, 4) is 0 Å². The molecule has 5 N–H and O–H groups in total. The quantitative estimate of drug-likeness (QED) is 0.586. The van der Waals surface area contributed by atoms with E-state index in [1.807, 2.05) is 0 Å². The van der Waals surface area contributed by atoms with Crippen molar-refractivity contribution in [1.29, 1.82) is 0 Å². The lowest BCUT2D eigenvalue weighted by atomic mass is 10.0. The molecular formula is C10H15BrN2O3. The number of pyridine rings is 1. The third kappa shape index (κ3) is 3.15. The van der Waals surface area contributed by atoms with E-state index in [1.54, 1.807) is 6.07 Å². The summed E-state index contributed by atoms with van der Waals surface area (Å²) in [6.07, 6.45) is -0.0522. The van der Waals surface area contributed by atoms with Gasteiger partial charge in [0.1, 0.15) is 11.9 Å². The number of hydrogen-bond donors (Lipinski definition) is 4. The standard InChI is InChI=1S/C10H15BrN2O3/c11-2-1-8(15)9(16)6-3-7(5-14)10(12)13-4-6/h3-4,8-9,14-16H,1-2,5H2,(H2,12,13). The van der Waals surface area contributed by atoms with E-state index in [9.17, 15) is 10.2 Å². The molecule has 0 aliphatic carbocycles. The summed E-state index contributed by atoms with van der Waals surface area (Å²) in [5.41, 5.74) is 6.41. The second kappa shape index (κ2) is 6.15. The maximum absolute atomic E-state index is 9.80. The van der Waals surface area contributed by atoms with Crippen LogP contribution in [0, 0.1) is 0 Å². The summed E-state index contributed by atoms with van der Waals surface area (Å²) in [5.74, 6) is 0.230. The predicted molar refractivity (Wildman–Crippen MR) is 63.9 cm³/mol. The number of rotatable bonds is 5.